The Labute approximate surface area is 201 Å². The Bertz CT molecular complexity index is 1680. The topological polar surface area (TPSA) is 73.1 Å². The minimum Gasteiger partial charge on any atom is -0.364 e. The number of aryl methyl sites for hydroxylation is 2. The van der Waals surface area contributed by atoms with Gasteiger partial charge < -0.3 is 4.52 Å². The maximum atomic E-state index is 13.8. The molecular formula is C27H20F2N2O3S. The van der Waals surface area contributed by atoms with E-state index >= 15 is 0 Å². The van der Waals surface area contributed by atoms with Gasteiger partial charge in [0.2, 0.25) is 0 Å². The zero-order chi connectivity index (χ0) is 24.7. The number of pyridine rings is 1. The first-order valence-corrected chi connectivity index (χ1v) is 12.5. The Kier molecular flexibility index (Phi) is 5.68. The first kappa shape index (κ1) is 22.9. The molecule has 5 nitrogen and oxygen atoms in total. The van der Waals surface area contributed by atoms with Gasteiger partial charge in [0.15, 0.2) is 21.5 Å². The molecule has 0 spiro atoms. The predicted molar refractivity (Wildman–Crippen MR) is 129 cm³/mol. The van der Waals surface area contributed by atoms with Crippen molar-refractivity contribution >= 4 is 20.6 Å². The van der Waals surface area contributed by atoms with Crippen molar-refractivity contribution in [3.8, 4) is 22.4 Å². The average Bonchev–Trinajstić information content (AvgIpc) is 3.34. The van der Waals surface area contributed by atoms with Gasteiger partial charge in [0.05, 0.1) is 16.3 Å². The van der Waals surface area contributed by atoms with Gasteiger partial charge in [-0.3, -0.25) is 4.98 Å². The summed E-state index contributed by atoms with van der Waals surface area (Å²) in [5.74, 6) is -2.03. The van der Waals surface area contributed by atoms with Crippen molar-refractivity contribution < 1.29 is 21.7 Å². The zero-order valence-electron chi connectivity index (χ0n) is 18.9. The first-order valence-electron chi connectivity index (χ1n) is 10.8. The van der Waals surface area contributed by atoms with Crippen LogP contribution < -0.4 is 0 Å². The maximum absolute atomic E-state index is 13.8. The molecule has 5 aromatic rings. The van der Waals surface area contributed by atoms with Crippen molar-refractivity contribution in [2.24, 2.45) is 0 Å². The normalized spacial score (nSPS) is 11.8. The fourth-order valence-corrected chi connectivity index (χ4v) is 5.49. The van der Waals surface area contributed by atoms with Crippen molar-refractivity contribution in [2.75, 3.05) is 0 Å². The van der Waals surface area contributed by atoms with Crippen molar-refractivity contribution in [2.45, 2.75) is 24.5 Å². The summed E-state index contributed by atoms with van der Waals surface area (Å²) in [5, 5.41) is 5.23. The molecule has 0 radical (unpaired) electrons. The lowest BCUT2D eigenvalue weighted by Gasteiger charge is -2.14. The van der Waals surface area contributed by atoms with Gasteiger partial charge in [-0.15, -0.1) is 0 Å². The van der Waals surface area contributed by atoms with Gasteiger partial charge in [-0.2, -0.15) is 0 Å². The van der Waals surface area contributed by atoms with E-state index in [0.29, 0.717) is 17.0 Å². The smallest absolute Gasteiger partial charge is 0.184 e. The van der Waals surface area contributed by atoms with Gasteiger partial charge in [-0.25, -0.2) is 17.2 Å². The number of hydrogen-bond acceptors (Lipinski definition) is 5. The van der Waals surface area contributed by atoms with E-state index in [1.54, 1.807) is 36.5 Å². The van der Waals surface area contributed by atoms with E-state index in [1.165, 1.54) is 18.4 Å². The Hall–Kier alpha value is -3.91. The lowest BCUT2D eigenvalue weighted by Crippen LogP contribution is -2.05. The van der Waals surface area contributed by atoms with E-state index in [0.717, 1.165) is 39.1 Å². The molecule has 0 fully saturated rings. The molecule has 35 heavy (non-hydrogen) atoms. The summed E-state index contributed by atoms with van der Waals surface area (Å²) >= 11 is 0. The Balaban J connectivity index is 1.57. The van der Waals surface area contributed by atoms with Gasteiger partial charge in [-0.05, 0) is 77.9 Å². The molecule has 2 heterocycles. The number of benzene rings is 3. The second-order valence-corrected chi connectivity index (χ2v) is 10.4. The maximum Gasteiger partial charge on any atom is 0.184 e. The lowest BCUT2D eigenvalue weighted by atomic mass is 9.92. The molecule has 8 heteroatoms. The number of fused-ring (bicyclic) bond motifs is 1. The second-order valence-electron chi connectivity index (χ2n) is 8.40. The summed E-state index contributed by atoms with van der Waals surface area (Å²) in [6, 6.07) is 16.0. The van der Waals surface area contributed by atoms with Crippen molar-refractivity contribution in [3.05, 3.63) is 102 Å². The van der Waals surface area contributed by atoms with Crippen LogP contribution in [0.15, 0.2) is 82.5 Å². The van der Waals surface area contributed by atoms with Crippen LogP contribution >= 0.6 is 0 Å². The minimum absolute atomic E-state index is 0.187. The van der Waals surface area contributed by atoms with Crippen LogP contribution in [-0.4, -0.2) is 18.6 Å². The molecule has 0 amide bonds. The first-order chi connectivity index (χ1) is 16.7. The minimum atomic E-state index is -3.61. The fraction of sp³-hybridized carbons (Fsp3) is 0.111. The van der Waals surface area contributed by atoms with E-state index in [4.69, 9.17) is 4.52 Å². The van der Waals surface area contributed by atoms with E-state index in [-0.39, 0.29) is 10.6 Å². The molecule has 3 aromatic carbocycles. The van der Waals surface area contributed by atoms with E-state index in [1.807, 2.05) is 26.0 Å². The predicted octanol–water partition coefficient (Wildman–Crippen LogP) is 6.43. The quantitative estimate of drug-likeness (QED) is 0.284. The number of halogens is 2. The van der Waals surface area contributed by atoms with Crippen molar-refractivity contribution in [1.82, 2.24) is 10.1 Å². The lowest BCUT2D eigenvalue weighted by molar-refractivity contribution is 0.413. The largest absolute Gasteiger partial charge is 0.364 e. The number of sulfone groups is 1. The molecule has 0 bridgehead atoms. The van der Waals surface area contributed by atoms with Gasteiger partial charge in [0, 0.05) is 23.2 Å². The zero-order valence-corrected chi connectivity index (χ0v) is 19.7. The molecule has 0 aliphatic heterocycles. The highest BCUT2D eigenvalue weighted by Crippen LogP contribution is 2.35. The molecule has 0 aliphatic carbocycles. The highest BCUT2D eigenvalue weighted by Gasteiger charge is 2.19. The molecule has 0 saturated carbocycles. The summed E-state index contributed by atoms with van der Waals surface area (Å²) in [6.07, 6.45) is 2.98. The van der Waals surface area contributed by atoms with Crippen LogP contribution in [-0.2, 0) is 15.6 Å². The fourth-order valence-electron chi connectivity index (χ4n) is 4.20. The Morgan fingerprint density at radius 3 is 2.37 bits per heavy atom. The van der Waals surface area contributed by atoms with E-state index < -0.39 is 21.5 Å². The Morgan fingerprint density at radius 2 is 1.63 bits per heavy atom. The van der Waals surface area contributed by atoms with Crippen molar-refractivity contribution in [3.63, 3.8) is 0 Å². The molecular weight excluding hydrogens is 470 g/mol. The van der Waals surface area contributed by atoms with Crippen LogP contribution in [0.25, 0.3) is 33.2 Å². The van der Waals surface area contributed by atoms with Gasteiger partial charge >= 0.3 is 0 Å². The van der Waals surface area contributed by atoms with Crippen LogP contribution in [0.5, 0.6) is 0 Å². The average molecular weight is 491 g/mol. The molecule has 0 atom stereocenters. The molecule has 176 valence electrons. The summed E-state index contributed by atoms with van der Waals surface area (Å²) < 4.78 is 57.7. The van der Waals surface area contributed by atoms with Crippen LogP contribution in [0.2, 0.25) is 0 Å². The van der Waals surface area contributed by atoms with E-state index in [2.05, 4.69) is 10.1 Å². The van der Waals surface area contributed by atoms with Crippen LogP contribution in [0.3, 0.4) is 0 Å². The third-order valence-electron chi connectivity index (χ3n) is 5.98. The van der Waals surface area contributed by atoms with E-state index in [9.17, 15) is 17.2 Å². The van der Waals surface area contributed by atoms with Crippen LogP contribution in [0, 0.1) is 25.5 Å². The van der Waals surface area contributed by atoms with Crippen LogP contribution in [0.4, 0.5) is 8.78 Å². The summed E-state index contributed by atoms with van der Waals surface area (Å²) in [5.41, 5.74) is 5.08. The summed E-state index contributed by atoms with van der Waals surface area (Å²) in [4.78, 5) is 4.77. The number of aromatic nitrogens is 2. The summed E-state index contributed by atoms with van der Waals surface area (Å²) in [7, 11) is -3.61. The number of hydrogen-bond donors (Lipinski definition) is 0. The molecule has 2 aromatic heterocycles. The van der Waals surface area contributed by atoms with Gasteiger partial charge in [-0.1, -0.05) is 23.4 Å². The SMILES string of the molecule is Cc1cc(-c2nccc3cc(S(=O)(=O)Cc4ccon4)ccc23)c(C)cc1-c1ccc(F)c(F)c1. The molecule has 0 aliphatic rings. The highest BCUT2D eigenvalue weighted by atomic mass is 32.2. The number of nitrogens with zero attached hydrogens (tertiary/aromatic N) is 2. The molecule has 5 rings (SSSR count). The Morgan fingerprint density at radius 1 is 0.857 bits per heavy atom. The third-order valence-corrected chi connectivity index (χ3v) is 7.63. The monoisotopic (exact) mass is 490 g/mol. The molecule has 0 saturated heterocycles. The summed E-state index contributed by atoms with van der Waals surface area (Å²) in [6.45, 7) is 3.83. The highest BCUT2D eigenvalue weighted by molar-refractivity contribution is 7.90. The standard InChI is InChI=1S/C27H20F2N2O3S/c1-16-12-24(17(2)11-23(16)18-3-6-25(28)26(29)14-18)27-22-5-4-21(13-19(22)7-9-30-27)35(32,33)15-20-8-10-34-31-20/h3-14H,15H2,1-2H3. The third kappa shape index (κ3) is 4.33. The molecule has 0 unspecified atom stereocenters. The second kappa shape index (κ2) is 8.70. The molecule has 0 N–H and O–H groups in total. The van der Waals surface area contributed by atoms with Crippen LogP contribution in [0.1, 0.15) is 16.8 Å². The van der Waals surface area contributed by atoms with Gasteiger partial charge in [0.1, 0.15) is 12.0 Å². The number of rotatable bonds is 5. The van der Waals surface area contributed by atoms with Gasteiger partial charge in [0.25, 0.3) is 0 Å². The van der Waals surface area contributed by atoms with Crippen molar-refractivity contribution in [1.29, 1.82) is 0 Å².